The van der Waals surface area contributed by atoms with E-state index >= 15 is 0 Å². The topological polar surface area (TPSA) is 72.3 Å². The number of hydrogen-bond acceptors (Lipinski definition) is 4. The highest BCUT2D eigenvalue weighted by Gasteiger charge is 2.11. The second-order valence-electron chi connectivity index (χ2n) is 2.79. The number of furan rings is 1. The van der Waals surface area contributed by atoms with Crippen molar-refractivity contribution < 1.29 is 9.52 Å². The number of nitrogens with two attached hydrogens (primary N) is 1. The molecule has 3 N–H and O–H groups in total. The zero-order chi connectivity index (χ0) is 9.26. The number of aliphatic hydroxyl groups excluding tert-OH is 1. The lowest BCUT2D eigenvalue weighted by atomic mass is 10.3. The molecule has 13 heavy (non-hydrogen) atoms. The Hall–Kier alpha value is -1.39. The summed E-state index contributed by atoms with van der Waals surface area (Å²) in [4.78, 5) is 4.07. The zero-order valence-corrected chi connectivity index (χ0v) is 6.97. The Morgan fingerprint density at radius 3 is 3.15 bits per heavy atom. The molecule has 4 nitrogen and oxygen atoms in total. The second kappa shape index (κ2) is 3.16. The minimum Gasteiger partial charge on any atom is -0.457 e. The molecule has 68 valence electrons. The van der Waals surface area contributed by atoms with Crippen LogP contribution in [0.2, 0.25) is 0 Å². The zero-order valence-electron chi connectivity index (χ0n) is 6.97. The molecule has 2 aromatic heterocycles. The largest absolute Gasteiger partial charge is 0.457 e. The van der Waals surface area contributed by atoms with E-state index in [2.05, 4.69) is 4.98 Å². The fourth-order valence-electron chi connectivity index (χ4n) is 1.17. The van der Waals surface area contributed by atoms with E-state index in [1.807, 2.05) is 0 Å². The summed E-state index contributed by atoms with van der Waals surface area (Å²) < 4.78 is 5.33. The van der Waals surface area contributed by atoms with Crippen molar-refractivity contribution in [2.75, 3.05) is 6.54 Å². The molecule has 2 heterocycles. The van der Waals surface area contributed by atoms with Crippen molar-refractivity contribution in [2.24, 2.45) is 5.73 Å². The van der Waals surface area contributed by atoms with Gasteiger partial charge in [0.2, 0.25) is 0 Å². The summed E-state index contributed by atoms with van der Waals surface area (Å²) in [5, 5.41) is 9.38. The van der Waals surface area contributed by atoms with Crippen LogP contribution in [0.15, 0.2) is 28.8 Å². The predicted molar refractivity (Wildman–Crippen MR) is 48.0 cm³/mol. The maximum atomic E-state index is 9.38. The molecule has 1 unspecified atom stereocenters. The van der Waals surface area contributed by atoms with E-state index in [1.54, 1.807) is 24.4 Å². The molecule has 0 radical (unpaired) electrons. The maximum Gasteiger partial charge on any atom is 0.152 e. The van der Waals surface area contributed by atoms with Crippen molar-refractivity contribution in [1.29, 1.82) is 0 Å². The summed E-state index contributed by atoms with van der Waals surface area (Å²) in [5.41, 5.74) is 6.71. The van der Waals surface area contributed by atoms with E-state index in [4.69, 9.17) is 10.2 Å². The monoisotopic (exact) mass is 178 g/mol. The van der Waals surface area contributed by atoms with Crippen molar-refractivity contribution in [3.63, 3.8) is 0 Å². The van der Waals surface area contributed by atoms with Gasteiger partial charge in [0.15, 0.2) is 5.58 Å². The van der Waals surface area contributed by atoms with E-state index in [-0.39, 0.29) is 6.54 Å². The van der Waals surface area contributed by atoms with Gasteiger partial charge in [-0.15, -0.1) is 0 Å². The molecule has 4 heteroatoms. The van der Waals surface area contributed by atoms with Gasteiger partial charge in [0, 0.05) is 18.8 Å². The van der Waals surface area contributed by atoms with Gasteiger partial charge in [-0.1, -0.05) is 0 Å². The van der Waals surface area contributed by atoms with Crippen molar-refractivity contribution in [3.05, 3.63) is 30.2 Å². The van der Waals surface area contributed by atoms with E-state index < -0.39 is 6.10 Å². The van der Waals surface area contributed by atoms with Crippen molar-refractivity contribution >= 4 is 11.1 Å². The number of pyridine rings is 1. The van der Waals surface area contributed by atoms with Crippen LogP contribution in [-0.2, 0) is 0 Å². The average molecular weight is 178 g/mol. The summed E-state index contributed by atoms with van der Waals surface area (Å²) in [6.07, 6.45) is 0.936. The number of rotatable bonds is 2. The molecule has 0 aromatic carbocycles. The van der Waals surface area contributed by atoms with Gasteiger partial charge in [-0.05, 0) is 12.1 Å². The lowest BCUT2D eigenvalue weighted by Gasteiger charge is -2.00. The molecule has 0 spiro atoms. The summed E-state index contributed by atoms with van der Waals surface area (Å²) in [5.74, 6) is 0.469. The quantitative estimate of drug-likeness (QED) is 0.714. The van der Waals surface area contributed by atoms with Crippen LogP contribution in [0.4, 0.5) is 0 Å². The summed E-state index contributed by atoms with van der Waals surface area (Å²) >= 11 is 0. The Morgan fingerprint density at radius 2 is 2.46 bits per heavy atom. The molecule has 2 rings (SSSR count). The predicted octanol–water partition coefficient (Wildman–Crippen LogP) is 0.820. The van der Waals surface area contributed by atoms with Gasteiger partial charge in [0.1, 0.15) is 17.4 Å². The molecule has 0 saturated carbocycles. The van der Waals surface area contributed by atoms with Gasteiger partial charge in [-0.25, -0.2) is 0 Å². The molecule has 2 aromatic rings. The highest BCUT2D eigenvalue weighted by molar-refractivity contribution is 5.72. The maximum absolute atomic E-state index is 9.38. The number of nitrogens with zero attached hydrogens (tertiary/aromatic N) is 1. The van der Waals surface area contributed by atoms with E-state index in [9.17, 15) is 5.11 Å². The van der Waals surface area contributed by atoms with Gasteiger partial charge >= 0.3 is 0 Å². The van der Waals surface area contributed by atoms with Gasteiger partial charge in [-0.3, -0.25) is 4.98 Å². The summed E-state index contributed by atoms with van der Waals surface area (Å²) in [6.45, 7) is 0.153. The third kappa shape index (κ3) is 1.41. The van der Waals surface area contributed by atoms with Crippen molar-refractivity contribution in [2.45, 2.75) is 6.10 Å². The number of hydrogen-bond donors (Lipinski definition) is 2. The first-order chi connectivity index (χ1) is 6.31. The normalized spacial score (nSPS) is 13.4. The number of aromatic nitrogens is 1. The van der Waals surface area contributed by atoms with Crippen LogP contribution in [0.5, 0.6) is 0 Å². The Bertz CT molecular complexity index is 378. The van der Waals surface area contributed by atoms with Crippen LogP contribution < -0.4 is 5.73 Å². The lowest BCUT2D eigenvalue weighted by molar-refractivity contribution is 0.160. The first-order valence-electron chi connectivity index (χ1n) is 4.04. The van der Waals surface area contributed by atoms with Crippen LogP contribution in [0.1, 0.15) is 11.9 Å². The molecule has 0 aliphatic rings. The molecular weight excluding hydrogens is 168 g/mol. The molecule has 0 saturated heterocycles. The fraction of sp³-hybridized carbons (Fsp3) is 0.222. The highest BCUT2D eigenvalue weighted by Crippen LogP contribution is 2.21. The molecule has 1 atom stereocenters. The van der Waals surface area contributed by atoms with Crippen LogP contribution in [-0.4, -0.2) is 16.6 Å². The molecule has 0 fully saturated rings. The minimum absolute atomic E-state index is 0.153. The van der Waals surface area contributed by atoms with Crippen LogP contribution in [0.25, 0.3) is 11.1 Å². The average Bonchev–Trinajstić information content (AvgIpc) is 2.59. The lowest BCUT2D eigenvalue weighted by Crippen LogP contribution is -2.10. The Labute approximate surface area is 75.0 Å². The third-order valence-corrected chi connectivity index (χ3v) is 1.86. The Balaban J connectivity index is 2.49. The standard InChI is InChI=1S/C9H10N2O2/c10-5-7(12)9-4-6-8(13-9)2-1-3-11-6/h1-4,7,12H,5,10H2. The third-order valence-electron chi connectivity index (χ3n) is 1.86. The van der Waals surface area contributed by atoms with E-state index in [0.29, 0.717) is 11.3 Å². The Kier molecular flexibility index (Phi) is 2.00. The SMILES string of the molecule is NCC(O)c1cc2ncccc2o1. The summed E-state index contributed by atoms with van der Waals surface area (Å²) in [7, 11) is 0. The van der Waals surface area contributed by atoms with Crippen LogP contribution >= 0.6 is 0 Å². The first-order valence-corrected chi connectivity index (χ1v) is 4.04. The summed E-state index contributed by atoms with van der Waals surface area (Å²) in [6, 6.07) is 5.28. The smallest absolute Gasteiger partial charge is 0.152 e. The number of fused-ring (bicyclic) bond motifs is 1. The second-order valence-corrected chi connectivity index (χ2v) is 2.79. The molecule has 0 aliphatic carbocycles. The molecule has 0 aliphatic heterocycles. The fourth-order valence-corrected chi connectivity index (χ4v) is 1.17. The van der Waals surface area contributed by atoms with Crippen molar-refractivity contribution in [1.82, 2.24) is 4.98 Å². The minimum atomic E-state index is -0.741. The van der Waals surface area contributed by atoms with Crippen molar-refractivity contribution in [3.8, 4) is 0 Å². The van der Waals surface area contributed by atoms with E-state index in [0.717, 1.165) is 5.52 Å². The van der Waals surface area contributed by atoms with Gasteiger partial charge in [0.25, 0.3) is 0 Å². The Morgan fingerprint density at radius 1 is 1.62 bits per heavy atom. The first kappa shape index (κ1) is 8.22. The highest BCUT2D eigenvalue weighted by atomic mass is 16.4. The van der Waals surface area contributed by atoms with Gasteiger partial charge < -0.3 is 15.3 Å². The number of aliphatic hydroxyl groups is 1. The molecule has 0 bridgehead atoms. The van der Waals surface area contributed by atoms with Crippen LogP contribution in [0.3, 0.4) is 0 Å². The molecule has 0 amide bonds. The molecular formula is C9H10N2O2. The van der Waals surface area contributed by atoms with E-state index in [1.165, 1.54) is 0 Å². The van der Waals surface area contributed by atoms with Gasteiger partial charge in [0.05, 0.1) is 0 Å². The van der Waals surface area contributed by atoms with Crippen LogP contribution in [0, 0.1) is 0 Å². The van der Waals surface area contributed by atoms with Gasteiger partial charge in [-0.2, -0.15) is 0 Å².